The first-order valence-electron chi connectivity index (χ1n) is 44.4. The summed E-state index contributed by atoms with van der Waals surface area (Å²) in [6, 6.07) is 182. The van der Waals surface area contributed by atoms with Crippen molar-refractivity contribution in [3.8, 4) is 100 Å². The summed E-state index contributed by atoms with van der Waals surface area (Å²) in [6.45, 7) is 0. The molecule has 594 valence electrons. The van der Waals surface area contributed by atoms with Crippen molar-refractivity contribution in [1.82, 2.24) is 0 Å². The van der Waals surface area contributed by atoms with E-state index in [-0.39, 0.29) is 0 Å². The van der Waals surface area contributed by atoms with Gasteiger partial charge in [0, 0.05) is 0 Å². The lowest BCUT2D eigenvalue weighted by atomic mass is 9.81. The zero-order valence-electron chi connectivity index (χ0n) is 70.3. The summed E-state index contributed by atoms with van der Waals surface area (Å²) in [5.74, 6) is 0. The molecule has 0 aliphatic heterocycles. The summed E-state index contributed by atoms with van der Waals surface area (Å²) < 4.78 is 0. The van der Waals surface area contributed by atoms with E-state index < -0.39 is 0 Å². The largest absolute Gasteiger partial charge is 0.0622 e. The monoisotopic (exact) mass is 1620 g/mol. The predicted octanol–water partition coefficient (Wildman–Crippen LogP) is 36.2. The zero-order valence-corrected chi connectivity index (χ0v) is 70.3. The third kappa shape index (κ3) is 13.1. The van der Waals surface area contributed by atoms with Gasteiger partial charge in [-0.2, -0.15) is 0 Å². The van der Waals surface area contributed by atoms with Crippen LogP contribution in [0, 0.1) is 0 Å². The highest BCUT2D eigenvalue weighted by atomic mass is 14.3. The first kappa shape index (κ1) is 75.1. The fourth-order valence-corrected chi connectivity index (χ4v) is 20.8. The Labute approximate surface area is 743 Å². The molecule has 0 spiro atoms. The maximum Gasteiger partial charge on any atom is -0.00139 e. The van der Waals surface area contributed by atoms with E-state index in [4.69, 9.17) is 0 Å². The Hall–Kier alpha value is -16.6. The average molecular weight is 1620 g/mol. The van der Waals surface area contributed by atoms with E-state index >= 15 is 0 Å². The van der Waals surface area contributed by atoms with Gasteiger partial charge in [-0.25, -0.2) is 0 Å². The Kier molecular flexibility index (Phi) is 18.7. The zero-order chi connectivity index (χ0) is 84.5. The van der Waals surface area contributed by atoms with Gasteiger partial charge in [0.2, 0.25) is 0 Å². The second-order valence-electron chi connectivity index (χ2n) is 33.8. The van der Waals surface area contributed by atoms with Crippen molar-refractivity contribution in [1.29, 1.82) is 0 Å². The Morgan fingerprint density at radius 1 is 0.0781 bits per heavy atom. The predicted molar refractivity (Wildman–Crippen MR) is 553 cm³/mol. The highest BCUT2D eigenvalue weighted by Gasteiger charge is 2.26. The second-order valence-corrected chi connectivity index (χ2v) is 33.8. The van der Waals surface area contributed by atoms with Gasteiger partial charge in [0.15, 0.2) is 0 Å². The minimum Gasteiger partial charge on any atom is -0.0622 e. The molecule has 0 atom stereocenters. The van der Waals surface area contributed by atoms with Crippen LogP contribution in [-0.4, -0.2) is 0 Å². The van der Waals surface area contributed by atoms with Crippen molar-refractivity contribution in [3.63, 3.8) is 0 Å². The molecule has 0 heteroatoms. The molecule has 0 radical (unpaired) electrons. The minimum absolute atomic E-state index is 1.23. The van der Waals surface area contributed by atoms with Crippen molar-refractivity contribution in [3.05, 3.63) is 497 Å². The van der Waals surface area contributed by atoms with Crippen LogP contribution in [0.15, 0.2) is 497 Å². The topological polar surface area (TPSA) is 0 Å². The second kappa shape index (κ2) is 31.9. The molecule has 0 amide bonds. The van der Waals surface area contributed by atoms with E-state index in [0.717, 1.165) is 0 Å². The van der Waals surface area contributed by atoms with Crippen molar-refractivity contribution in [2.45, 2.75) is 0 Å². The molecule has 0 saturated heterocycles. The van der Waals surface area contributed by atoms with Crippen LogP contribution < -0.4 is 0 Å². The summed E-state index contributed by atoms with van der Waals surface area (Å²) in [4.78, 5) is 0. The molecule has 0 bridgehead atoms. The molecule has 0 saturated carbocycles. The Morgan fingerprint density at radius 2 is 0.258 bits per heavy atom. The third-order valence-corrected chi connectivity index (χ3v) is 26.7. The molecule has 0 N–H and O–H groups in total. The third-order valence-electron chi connectivity index (χ3n) is 26.7. The highest BCUT2D eigenvalue weighted by molar-refractivity contribution is 6.33. The van der Waals surface area contributed by atoms with Crippen molar-refractivity contribution in [2.24, 2.45) is 0 Å². The van der Waals surface area contributed by atoms with Crippen LogP contribution in [0.5, 0.6) is 0 Å². The normalized spacial score (nSPS) is 11.6. The maximum absolute atomic E-state index is 2.36. The summed E-state index contributed by atoms with van der Waals surface area (Å²) in [6.07, 6.45) is 0. The lowest BCUT2D eigenvalue weighted by molar-refractivity contribution is 1.63. The molecule has 0 aromatic heterocycles. The van der Waals surface area contributed by atoms with E-state index in [1.807, 2.05) is 0 Å². The molecule has 0 nitrogen and oxygen atoms in total. The van der Waals surface area contributed by atoms with Gasteiger partial charge in [-0.3, -0.25) is 0 Å². The van der Waals surface area contributed by atoms with Crippen LogP contribution in [0.1, 0.15) is 0 Å². The molecule has 0 aliphatic rings. The van der Waals surface area contributed by atoms with Crippen molar-refractivity contribution in [2.75, 3.05) is 0 Å². The van der Waals surface area contributed by atoms with Gasteiger partial charge in [-0.05, 0) is 275 Å². The van der Waals surface area contributed by atoms with Gasteiger partial charge < -0.3 is 0 Å². The molecule has 0 unspecified atom stereocenters. The minimum atomic E-state index is 1.23. The molecule has 128 heavy (non-hydrogen) atoms. The Balaban J connectivity index is 0.000000107. The van der Waals surface area contributed by atoms with Crippen LogP contribution in [0.2, 0.25) is 0 Å². The number of fused-ring (bicyclic) bond motifs is 16. The van der Waals surface area contributed by atoms with E-state index in [1.165, 1.54) is 251 Å². The van der Waals surface area contributed by atoms with E-state index in [2.05, 4.69) is 497 Å². The van der Waals surface area contributed by atoms with Gasteiger partial charge in [0.05, 0.1) is 0 Å². The maximum atomic E-state index is 2.36. The summed E-state index contributed by atoms with van der Waals surface area (Å²) in [7, 11) is 0. The molecule has 26 aromatic rings. The average Bonchev–Trinajstić information content (AvgIpc) is 0.722. The van der Waals surface area contributed by atoms with Gasteiger partial charge in [0.1, 0.15) is 0 Å². The SMILES string of the molecule is c1ccc(-c2c3ccccc3c(-c3c4ccccc4c(-c4ccccc4)c4ccccc34)c3ccccc23)cc1.c1ccc2cc(-c3ccc(-c4c5ccccc5c(-c5ccc6ccccc6c5)c5c4ccc4ccccc45)cc3)ccc2c1.c1ccc2cc(-c3ccc(-c4c5ccccc5c(-c5ccc6ccccc6c5)c5ccc6ccccc6c45)cc3)ccc2c1. The molecular weight excluding hydrogens is 1540 g/mol. The Morgan fingerprint density at radius 3 is 0.578 bits per heavy atom. The first-order valence-corrected chi connectivity index (χ1v) is 44.4. The highest BCUT2D eigenvalue weighted by Crippen LogP contribution is 2.53. The number of rotatable bonds is 9. The Bertz CT molecular complexity index is 8630. The van der Waals surface area contributed by atoms with Crippen molar-refractivity contribution < 1.29 is 0 Å². The lowest BCUT2D eigenvalue weighted by Crippen LogP contribution is -1.94. The summed E-state index contributed by atoms with van der Waals surface area (Å²) in [5, 5.41) is 35.7. The van der Waals surface area contributed by atoms with Gasteiger partial charge in [0.25, 0.3) is 0 Å². The fraction of sp³-hybridized carbons (Fsp3) is 0. The number of benzene rings is 26. The van der Waals surface area contributed by atoms with Crippen LogP contribution in [-0.2, 0) is 0 Å². The van der Waals surface area contributed by atoms with Crippen LogP contribution in [0.25, 0.3) is 251 Å². The number of hydrogen-bond acceptors (Lipinski definition) is 0. The van der Waals surface area contributed by atoms with Crippen LogP contribution >= 0.6 is 0 Å². The van der Waals surface area contributed by atoms with Gasteiger partial charge >= 0.3 is 0 Å². The molecule has 0 aliphatic carbocycles. The molecular formula is C128H82. The van der Waals surface area contributed by atoms with Crippen molar-refractivity contribution >= 4 is 151 Å². The van der Waals surface area contributed by atoms with Crippen LogP contribution in [0.4, 0.5) is 0 Å². The summed E-state index contributed by atoms with van der Waals surface area (Å²) >= 11 is 0. The fourth-order valence-electron chi connectivity index (χ4n) is 20.8. The van der Waals surface area contributed by atoms with Gasteiger partial charge in [-0.1, -0.05) is 473 Å². The summed E-state index contributed by atoms with van der Waals surface area (Å²) in [5.41, 5.74) is 22.8. The van der Waals surface area contributed by atoms with E-state index in [9.17, 15) is 0 Å². The lowest BCUT2D eigenvalue weighted by Gasteiger charge is -2.22. The van der Waals surface area contributed by atoms with Gasteiger partial charge in [-0.15, -0.1) is 0 Å². The standard InChI is InChI=1S/2C44H28.C40H26/c1-3-12-34-27-36(23-19-29(34)9-1)31-17-21-33(22-18-31)43-40-16-8-7-15-39(40)42(37-24-20-30-10-2-4-13-35(30)28-37)41-26-25-32-11-5-6-14-38(32)44(41)43;1-3-12-34-27-36(23-19-29(34)9-1)31-17-21-33(22-18-31)42-39-15-7-8-16-40(39)43(37-24-20-30-10-2-4-13-35(30)28-37)44-38-14-6-5-11-32(38)25-26-41(42)44;1-3-15-27(16-4-1)37-29-19-7-11-23-33(29)39(34-24-12-8-20-30(34)37)40-35-25-13-9-21-31(35)38(28-17-5-2-6-18-28)32-22-10-14-26-36(32)40/h2*1-28H;1-26H. The molecule has 0 fully saturated rings. The number of hydrogen-bond donors (Lipinski definition) is 0. The first-order chi connectivity index (χ1) is 63.5. The molecule has 0 heterocycles. The smallest absolute Gasteiger partial charge is 0.00139 e. The van der Waals surface area contributed by atoms with Crippen LogP contribution in [0.3, 0.4) is 0 Å². The quantitative estimate of drug-likeness (QED) is 0.0998. The molecule has 26 aromatic carbocycles. The van der Waals surface area contributed by atoms with E-state index in [0.29, 0.717) is 0 Å². The molecule has 26 rings (SSSR count). The van der Waals surface area contributed by atoms with E-state index in [1.54, 1.807) is 0 Å².